The first-order valence-corrected chi connectivity index (χ1v) is 7.76. The van der Waals surface area contributed by atoms with Gasteiger partial charge in [-0.3, -0.25) is 9.59 Å². The molecule has 3 N–H and O–H groups in total. The third-order valence-corrected chi connectivity index (χ3v) is 3.83. The van der Waals surface area contributed by atoms with Crippen molar-refractivity contribution in [3.8, 4) is 0 Å². The Morgan fingerprint density at radius 3 is 2.67 bits per heavy atom. The Kier molecular flexibility index (Phi) is 5.82. The molecule has 1 aromatic carbocycles. The molecule has 1 atom stereocenters. The second-order valence-corrected chi connectivity index (χ2v) is 5.82. The van der Waals surface area contributed by atoms with Gasteiger partial charge in [0, 0.05) is 11.3 Å². The van der Waals surface area contributed by atoms with Gasteiger partial charge in [0.25, 0.3) is 5.91 Å². The normalized spacial score (nSPS) is 18.1. The van der Waals surface area contributed by atoms with Crippen LogP contribution in [0.2, 0.25) is 0 Å². The molecule has 0 aromatic heterocycles. The van der Waals surface area contributed by atoms with Crippen LogP contribution in [0.15, 0.2) is 18.2 Å². The van der Waals surface area contributed by atoms with Crippen molar-refractivity contribution < 1.29 is 22.8 Å². The molecule has 1 fully saturated rings. The van der Waals surface area contributed by atoms with Gasteiger partial charge in [0.05, 0.1) is 6.04 Å². The fourth-order valence-electron chi connectivity index (χ4n) is 2.48. The summed E-state index contributed by atoms with van der Waals surface area (Å²) >= 11 is 0. The lowest BCUT2D eigenvalue weighted by molar-refractivity contribution is -0.123. The lowest BCUT2D eigenvalue weighted by atomic mass is 10.0. The number of hydrogen-bond acceptors (Lipinski definition) is 3. The zero-order valence-electron chi connectivity index (χ0n) is 13.3. The highest BCUT2D eigenvalue weighted by molar-refractivity contribution is 5.99. The smallest absolute Gasteiger partial charge is 0.343 e. The third-order valence-electron chi connectivity index (χ3n) is 3.83. The summed E-state index contributed by atoms with van der Waals surface area (Å²) < 4.78 is 36.5. The Labute approximate surface area is 138 Å². The molecular weight excluding hydrogens is 323 g/mol. The van der Waals surface area contributed by atoms with Crippen molar-refractivity contribution in [1.82, 2.24) is 10.6 Å². The Balaban J connectivity index is 2.04. The molecule has 0 radical (unpaired) electrons. The van der Waals surface area contributed by atoms with Gasteiger partial charge in [0.15, 0.2) is 0 Å². The van der Waals surface area contributed by atoms with Gasteiger partial charge in [0.2, 0.25) is 5.91 Å². The number of piperidine rings is 1. The van der Waals surface area contributed by atoms with Crippen molar-refractivity contribution in [3.63, 3.8) is 0 Å². The van der Waals surface area contributed by atoms with E-state index in [2.05, 4.69) is 10.6 Å². The quantitative estimate of drug-likeness (QED) is 0.786. The van der Waals surface area contributed by atoms with Gasteiger partial charge >= 0.3 is 6.18 Å². The fourth-order valence-corrected chi connectivity index (χ4v) is 2.48. The summed E-state index contributed by atoms with van der Waals surface area (Å²) in [5.74, 6) is -1.04. The van der Waals surface area contributed by atoms with Crippen LogP contribution in [0.4, 0.5) is 18.9 Å². The number of carbonyl (C=O) groups excluding carboxylic acids is 2. The van der Waals surface area contributed by atoms with Crippen molar-refractivity contribution >= 4 is 17.5 Å². The first-order valence-electron chi connectivity index (χ1n) is 7.76. The molecule has 8 heteroatoms. The number of nitrogens with one attached hydrogen (secondary N) is 3. The Hall–Kier alpha value is -2.09. The summed E-state index contributed by atoms with van der Waals surface area (Å²) in [5, 5.41) is 7.67. The van der Waals surface area contributed by atoms with Crippen LogP contribution in [-0.2, 0) is 4.79 Å². The summed E-state index contributed by atoms with van der Waals surface area (Å²) in [6, 6.07) is 4.12. The van der Waals surface area contributed by atoms with E-state index in [1.54, 1.807) is 13.0 Å². The van der Waals surface area contributed by atoms with Crippen LogP contribution in [0, 0.1) is 6.92 Å². The minimum Gasteiger partial charge on any atom is -0.343 e. The number of amides is 2. The molecule has 2 amide bonds. The zero-order valence-corrected chi connectivity index (χ0v) is 13.3. The molecular formula is C16H20F3N3O2. The molecule has 0 aliphatic carbocycles. The van der Waals surface area contributed by atoms with Crippen LogP contribution in [-0.4, -0.2) is 37.1 Å². The number of halogens is 3. The Morgan fingerprint density at radius 1 is 1.29 bits per heavy atom. The van der Waals surface area contributed by atoms with Gasteiger partial charge < -0.3 is 16.0 Å². The van der Waals surface area contributed by atoms with Crippen molar-refractivity contribution in [2.24, 2.45) is 0 Å². The molecule has 0 bridgehead atoms. The number of alkyl halides is 3. The van der Waals surface area contributed by atoms with Crippen LogP contribution in [0.1, 0.15) is 35.2 Å². The molecule has 1 aliphatic rings. The summed E-state index contributed by atoms with van der Waals surface area (Å²) in [6.07, 6.45) is -1.75. The SMILES string of the molecule is Cc1ccc(C(=O)NCC(F)(F)F)cc1NC(=O)C1CCCCN1. The Morgan fingerprint density at radius 2 is 2.04 bits per heavy atom. The molecule has 1 heterocycles. The first-order chi connectivity index (χ1) is 11.3. The predicted octanol–water partition coefficient (Wildman–Crippen LogP) is 2.37. The standard InChI is InChI=1S/C16H20F3N3O2/c1-10-5-6-11(14(23)21-9-16(17,18)19)8-13(10)22-15(24)12-4-2-3-7-20-12/h5-6,8,12,20H,2-4,7,9H2,1H3,(H,21,23)(H,22,24). The van der Waals surface area contributed by atoms with Crippen LogP contribution in [0.3, 0.4) is 0 Å². The molecule has 0 saturated carbocycles. The number of rotatable bonds is 4. The average molecular weight is 343 g/mol. The number of aryl methyl sites for hydroxylation is 1. The van der Waals surface area contributed by atoms with E-state index < -0.39 is 18.6 Å². The van der Waals surface area contributed by atoms with Crippen LogP contribution in [0.5, 0.6) is 0 Å². The largest absolute Gasteiger partial charge is 0.405 e. The highest BCUT2D eigenvalue weighted by Gasteiger charge is 2.28. The number of benzene rings is 1. The fraction of sp³-hybridized carbons (Fsp3) is 0.500. The van der Waals surface area contributed by atoms with Gasteiger partial charge in [-0.1, -0.05) is 12.5 Å². The molecule has 1 unspecified atom stereocenters. The topological polar surface area (TPSA) is 70.2 Å². The van der Waals surface area contributed by atoms with Crippen molar-refractivity contribution in [2.45, 2.75) is 38.4 Å². The minimum atomic E-state index is -4.47. The van der Waals surface area contributed by atoms with Crippen molar-refractivity contribution in [1.29, 1.82) is 0 Å². The molecule has 24 heavy (non-hydrogen) atoms. The maximum atomic E-state index is 12.2. The number of anilines is 1. The van der Waals surface area contributed by atoms with E-state index in [0.717, 1.165) is 31.4 Å². The molecule has 2 rings (SSSR count). The second-order valence-electron chi connectivity index (χ2n) is 5.82. The second kappa shape index (κ2) is 7.65. The molecule has 5 nitrogen and oxygen atoms in total. The minimum absolute atomic E-state index is 0.0664. The molecule has 1 saturated heterocycles. The van der Waals surface area contributed by atoms with Crippen molar-refractivity contribution in [3.05, 3.63) is 29.3 Å². The van der Waals surface area contributed by atoms with Gasteiger partial charge in [0.1, 0.15) is 6.54 Å². The van der Waals surface area contributed by atoms with E-state index >= 15 is 0 Å². The van der Waals surface area contributed by atoms with E-state index in [9.17, 15) is 22.8 Å². The lowest BCUT2D eigenvalue weighted by Gasteiger charge is -2.23. The van der Waals surface area contributed by atoms with Gasteiger partial charge in [-0.15, -0.1) is 0 Å². The van der Waals surface area contributed by atoms with E-state index in [-0.39, 0.29) is 17.5 Å². The average Bonchev–Trinajstić information content (AvgIpc) is 2.54. The maximum absolute atomic E-state index is 12.2. The lowest BCUT2D eigenvalue weighted by Crippen LogP contribution is -2.43. The Bertz CT molecular complexity index is 611. The summed E-state index contributed by atoms with van der Waals surface area (Å²) in [6.45, 7) is 1.13. The highest BCUT2D eigenvalue weighted by atomic mass is 19.4. The van der Waals surface area contributed by atoms with E-state index in [1.165, 1.54) is 12.1 Å². The van der Waals surface area contributed by atoms with Crippen LogP contribution in [0.25, 0.3) is 0 Å². The molecule has 132 valence electrons. The van der Waals surface area contributed by atoms with E-state index in [1.807, 2.05) is 5.32 Å². The highest BCUT2D eigenvalue weighted by Crippen LogP contribution is 2.19. The number of carbonyl (C=O) groups is 2. The maximum Gasteiger partial charge on any atom is 0.405 e. The first kappa shape index (κ1) is 18.3. The summed E-state index contributed by atoms with van der Waals surface area (Å²) in [4.78, 5) is 24.0. The zero-order chi connectivity index (χ0) is 17.7. The van der Waals surface area contributed by atoms with Gasteiger partial charge in [-0.25, -0.2) is 0 Å². The van der Waals surface area contributed by atoms with E-state index in [4.69, 9.17) is 0 Å². The van der Waals surface area contributed by atoms with Crippen LogP contribution < -0.4 is 16.0 Å². The van der Waals surface area contributed by atoms with Crippen molar-refractivity contribution in [2.75, 3.05) is 18.4 Å². The van der Waals surface area contributed by atoms with Gasteiger partial charge in [-0.2, -0.15) is 13.2 Å². The molecule has 0 spiro atoms. The summed E-state index contributed by atoms with van der Waals surface area (Å²) in [7, 11) is 0. The monoisotopic (exact) mass is 343 g/mol. The molecule has 1 aromatic rings. The number of hydrogen-bond donors (Lipinski definition) is 3. The molecule has 1 aliphatic heterocycles. The van der Waals surface area contributed by atoms with Crippen LogP contribution >= 0.6 is 0 Å². The predicted molar refractivity (Wildman–Crippen MR) is 83.8 cm³/mol. The van der Waals surface area contributed by atoms with E-state index in [0.29, 0.717) is 5.69 Å². The third kappa shape index (κ3) is 5.23. The van der Waals surface area contributed by atoms with Gasteiger partial charge in [-0.05, 0) is 44.0 Å². The summed E-state index contributed by atoms with van der Waals surface area (Å²) in [5.41, 5.74) is 1.22.